The fraction of sp³-hybridized carbons (Fsp3) is 0.111. The van der Waals surface area contributed by atoms with Crippen LogP contribution in [-0.2, 0) is 6.54 Å². The topological polar surface area (TPSA) is 63.0 Å². The molecule has 2 rings (SSSR count). The molecule has 0 radical (unpaired) electrons. The average molecular weight is 269 g/mol. The summed E-state index contributed by atoms with van der Waals surface area (Å²) in [5.41, 5.74) is 4.00. The molecule has 0 unspecified atom stereocenters. The second-order valence-corrected chi connectivity index (χ2v) is 3.82. The first-order valence-electron chi connectivity index (χ1n) is 4.31. The Morgan fingerprint density at radius 3 is 2.93 bits per heavy atom. The molecule has 15 heavy (non-hydrogen) atoms. The van der Waals surface area contributed by atoms with Gasteiger partial charge in [0.15, 0.2) is 0 Å². The van der Waals surface area contributed by atoms with Gasteiger partial charge in [-0.05, 0) is 33.6 Å². The smallest absolute Gasteiger partial charge is 0.138 e. The maximum absolute atomic E-state index is 8.57. The van der Waals surface area contributed by atoms with Gasteiger partial charge >= 0.3 is 0 Å². The molecule has 2 aromatic rings. The van der Waals surface area contributed by atoms with Crippen molar-refractivity contribution >= 4 is 15.9 Å². The number of hydroxylamine groups is 1. The van der Waals surface area contributed by atoms with E-state index in [1.165, 1.54) is 6.33 Å². The zero-order valence-electron chi connectivity index (χ0n) is 7.76. The Morgan fingerprint density at radius 1 is 1.47 bits per heavy atom. The van der Waals surface area contributed by atoms with Gasteiger partial charge in [0.2, 0.25) is 0 Å². The number of nitrogens with zero attached hydrogens (tertiary/aromatic N) is 3. The Bertz CT molecular complexity index is 443. The van der Waals surface area contributed by atoms with Gasteiger partial charge < -0.3 is 5.21 Å². The van der Waals surface area contributed by atoms with E-state index in [1.54, 1.807) is 11.0 Å². The van der Waals surface area contributed by atoms with Crippen LogP contribution in [0.3, 0.4) is 0 Å². The number of halogens is 1. The molecule has 5 nitrogen and oxygen atoms in total. The number of rotatable bonds is 3. The van der Waals surface area contributed by atoms with Gasteiger partial charge in [-0.25, -0.2) is 15.1 Å². The average Bonchev–Trinajstić information content (AvgIpc) is 2.71. The zero-order chi connectivity index (χ0) is 10.7. The molecule has 0 saturated heterocycles. The SMILES string of the molecule is ONCc1ccc(-n2cncn2)c(Br)c1. The largest absolute Gasteiger partial charge is 0.316 e. The van der Waals surface area contributed by atoms with Crippen LogP contribution >= 0.6 is 15.9 Å². The molecule has 2 N–H and O–H groups in total. The lowest BCUT2D eigenvalue weighted by molar-refractivity contribution is 0.161. The van der Waals surface area contributed by atoms with Crippen LogP contribution < -0.4 is 5.48 Å². The van der Waals surface area contributed by atoms with E-state index in [-0.39, 0.29) is 0 Å². The minimum absolute atomic E-state index is 0.413. The maximum atomic E-state index is 8.57. The molecule has 1 aromatic carbocycles. The van der Waals surface area contributed by atoms with Gasteiger partial charge in [-0.2, -0.15) is 5.10 Å². The highest BCUT2D eigenvalue weighted by Crippen LogP contribution is 2.21. The summed E-state index contributed by atoms with van der Waals surface area (Å²) in [5.74, 6) is 0. The molecule has 0 aliphatic rings. The molecule has 0 atom stereocenters. The normalized spacial score (nSPS) is 10.5. The van der Waals surface area contributed by atoms with Crippen LogP contribution in [0.15, 0.2) is 35.3 Å². The summed E-state index contributed by atoms with van der Waals surface area (Å²) in [6, 6.07) is 5.73. The van der Waals surface area contributed by atoms with Crippen LogP contribution in [-0.4, -0.2) is 20.0 Å². The molecule has 1 aromatic heterocycles. The zero-order valence-corrected chi connectivity index (χ0v) is 9.35. The lowest BCUT2D eigenvalue weighted by Crippen LogP contribution is -2.06. The van der Waals surface area contributed by atoms with E-state index in [0.29, 0.717) is 6.54 Å². The fourth-order valence-corrected chi connectivity index (χ4v) is 1.88. The summed E-state index contributed by atoms with van der Waals surface area (Å²) in [4.78, 5) is 3.88. The molecule has 0 fully saturated rings. The highest BCUT2D eigenvalue weighted by Gasteiger charge is 2.03. The van der Waals surface area contributed by atoms with Gasteiger partial charge in [-0.1, -0.05) is 6.07 Å². The summed E-state index contributed by atoms with van der Waals surface area (Å²) >= 11 is 3.44. The van der Waals surface area contributed by atoms with Crippen molar-refractivity contribution < 1.29 is 5.21 Å². The van der Waals surface area contributed by atoms with E-state index < -0.39 is 0 Å². The lowest BCUT2D eigenvalue weighted by atomic mass is 10.2. The third-order valence-electron chi connectivity index (χ3n) is 1.96. The lowest BCUT2D eigenvalue weighted by Gasteiger charge is -2.06. The molecule has 0 saturated carbocycles. The van der Waals surface area contributed by atoms with Crippen molar-refractivity contribution in [2.75, 3.05) is 0 Å². The quantitative estimate of drug-likeness (QED) is 0.829. The molecule has 6 heteroatoms. The predicted molar refractivity (Wildman–Crippen MR) is 57.7 cm³/mol. The van der Waals surface area contributed by atoms with Crippen LogP contribution in [0.5, 0.6) is 0 Å². The van der Waals surface area contributed by atoms with Gasteiger partial charge in [0, 0.05) is 11.0 Å². The maximum Gasteiger partial charge on any atom is 0.138 e. The summed E-state index contributed by atoms with van der Waals surface area (Å²) in [7, 11) is 0. The molecule has 78 valence electrons. The molecule has 0 amide bonds. The Balaban J connectivity index is 2.35. The minimum atomic E-state index is 0.413. The van der Waals surface area contributed by atoms with Crippen LogP contribution in [0.2, 0.25) is 0 Å². The Kier molecular flexibility index (Phi) is 3.10. The van der Waals surface area contributed by atoms with E-state index in [2.05, 4.69) is 31.5 Å². The summed E-state index contributed by atoms with van der Waals surface area (Å²) < 4.78 is 2.57. The number of aromatic nitrogens is 3. The highest BCUT2D eigenvalue weighted by atomic mass is 79.9. The molecular weight excluding hydrogens is 260 g/mol. The third kappa shape index (κ3) is 2.23. The number of hydrogen-bond acceptors (Lipinski definition) is 4. The highest BCUT2D eigenvalue weighted by molar-refractivity contribution is 9.10. The fourth-order valence-electron chi connectivity index (χ4n) is 1.27. The molecule has 0 aliphatic heterocycles. The minimum Gasteiger partial charge on any atom is -0.316 e. The molecule has 1 heterocycles. The summed E-state index contributed by atoms with van der Waals surface area (Å²) in [5, 5.41) is 12.6. The first-order valence-corrected chi connectivity index (χ1v) is 5.11. The van der Waals surface area contributed by atoms with Gasteiger partial charge in [-0.15, -0.1) is 0 Å². The standard InChI is InChI=1S/C9H9BrN4O/c10-8-3-7(4-13-15)1-2-9(8)14-6-11-5-12-14/h1-3,5-6,13,15H,4H2. The molecule has 0 aliphatic carbocycles. The molecular formula is C9H9BrN4O. The molecule has 0 bridgehead atoms. The van der Waals surface area contributed by atoms with Crippen molar-refractivity contribution in [2.24, 2.45) is 0 Å². The Labute approximate surface area is 94.8 Å². The van der Waals surface area contributed by atoms with E-state index in [1.807, 2.05) is 18.2 Å². The number of nitrogens with one attached hydrogen (secondary N) is 1. The summed E-state index contributed by atoms with van der Waals surface area (Å²) in [6.07, 6.45) is 3.11. The first kappa shape index (κ1) is 10.3. The van der Waals surface area contributed by atoms with Crippen molar-refractivity contribution in [1.29, 1.82) is 0 Å². The van der Waals surface area contributed by atoms with E-state index in [9.17, 15) is 0 Å². The van der Waals surface area contributed by atoms with E-state index in [0.717, 1.165) is 15.7 Å². The van der Waals surface area contributed by atoms with Crippen molar-refractivity contribution in [2.45, 2.75) is 6.54 Å². The van der Waals surface area contributed by atoms with Gasteiger partial charge in [0.25, 0.3) is 0 Å². The number of hydrogen-bond donors (Lipinski definition) is 2. The second kappa shape index (κ2) is 4.52. The van der Waals surface area contributed by atoms with Crippen molar-refractivity contribution in [3.63, 3.8) is 0 Å². The van der Waals surface area contributed by atoms with E-state index >= 15 is 0 Å². The van der Waals surface area contributed by atoms with Crippen LogP contribution in [0.25, 0.3) is 5.69 Å². The molecule has 0 spiro atoms. The van der Waals surface area contributed by atoms with Gasteiger partial charge in [-0.3, -0.25) is 0 Å². The van der Waals surface area contributed by atoms with Crippen LogP contribution in [0, 0.1) is 0 Å². The first-order chi connectivity index (χ1) is 7.31. The monoisotopic (exact) mass is 268 g/mol. The van der Waals surface area contributed by atoms with Crippen molar-refractivity contribution in [3.05, 3.63) is 40.9 Å². The van der Waals surface area contributed by atoms with Crippen molar-refractivity contribution in [1.82, 2.24) is 20.2 Å². The third-order valence-corrected chi connectivity index (χ3v) is 2.60. The van der Waals surface area contributed by atoms with Crippen LogP contribution in [0.1, 0.15) is 5.56 Å². The predicted octanol–water partition coefficient (Wildman–Crippen LogP) is 1.51. The van der Waals surface area contributed by atoms with Gasteiger partial charge in [0.05, 0.1) is 5.69 Å². The second-order valence-electron chi connectivity index (χ2n) is 2.96. The van der Waals surface area contributed by atoms with Crippen molar-refractivity contribution in [3.8, 4) is 5.69 Å². The Morgan fingerprint density at radius 2 is 2.33 bits per heavy atom. The van der Waals surface area contributed by atoms with Crippen LogP contribution in [0.4, 0.5) is 0 Å². The Hall–Kier alpha value is -1.24. The van der Waals surface area contributed by atoms with E-state index in [4.69, 9.17) is 5.21 Å². The van der Waals surface area contributed by atoms with Gasteiger partial charge in [0.1, 0.15) is 12.7 Å². The number of benzene rings is 1. The summed E-state index contributed by atoms with van der Waals surface area (Å²) in [6.45, 7) is 0.413.